The summed E-state index contributed by atoms with van der Waals surface area (Å²) >= 11 is 0. The van der Waals surface area contributed by atoms with Crippen molar-refractivity contribution in [2.75, 3.05) is 6.61 Å². The van der Waals surface area contributed by atoms with Gasteiger partial charge in [-0.25, -0.2) is 4.52 Å². The molecule has 1 aromatic carbocycles. The summed E-state index contributed by atoms with van der Waals surface area (Å²) in [6.07, 6.45) is 0. The van der Waals surface area contributed by atoms with Crippen molar-refractivity contribution in [3.05, 3.63) is 30.3 Å². The molecule has 0 aromatic heterocycles. The zero-order chi connectivity index (χ0) is 11.1. The lowest BCUT2D eigenvalue weighted by molar-refractivity contribution is 0.298. The molecule has 0 amide bonds. The maximum atomic E-state index is 11.1. The number of oxime groups is 1. The van der Waals surface area contributed by atoms with E-state index in [1.165, 1.54) is 0 Å². The fourth-order valence-corrected chi connectivity index (χ4v) is 1.33. The van der Waals surface area contributed by atoms with Crippen molar-refractivity contribution in [3.8, 4) is 5.75 Å². The number of benzene rings is 1. The Balaban J connectivity index is 0.00000225. The zero-order valence-corrected chi connectivity index (χ0v) is 8.63. The molecule has 1 atom stereocenters. The predicted molar refractivity (Wildman–Crippen MR) is 55.1 cm³/mol. The highest BCUT2D eigenvalue weighted by molar-refractivity contribution is 7.33. The molecule has 1 aromatic rings. The van der Waals surface area contributed by atoms with E-state index in [1.54, 1.807) is 30.3 Å². The minimum absolute atomic E-state index is 0. The number of nitrogens with two attached hydrogens (primary N) is 1. The van der Waals surface area contributed by atoms with Crippen molar-refractivity contribution in [1.29, 1.82) is 0 Å². The highest BCUT2D eigenvalue weighted by Crippen LogP contribution is 2.26. The molecule has 1 rings (SSSR count). The quantitative estimate of drug-likeness (QED) is 0.263. The highest BCUT2D eigenvalue weighted by atomic mass is 31.1. The van der Waals surface area contributed by atoms with Crippen LogP contribution in [0, 0.1) is 0 Å². The molecular weight excluding hydrogens is 219 g/mol. The molecule has 0 spiro atoms. The monoisotopic (exact) mass is 230 g/mol. The van der Waals surface area contributed by atoms with Gasteiger partial charge in [0.1, 0.15) is 0 Å². The Morgan fingerprint density at radius 2 is 2.20 bits per heavy atom. The molecule has 0 aliphatic heterocycles. The van der Waals surface area contributed by atoms with Gasteiger partial charge in [0.05, 0.1) is 0 Å². The summed E-state index contributed by atoms with van der Waals surface area (Å²) in [7, 11) is -2.32. The van der Waals surface area contributed by atoms with Crippen LogP contribution in [0.15, 0.2) is 35.5 Å². The van der Waals surface area contributed by atoms with Gasteiger partial charge in [0, 0.05) is 4.57 Å². The van der Waals surface area contributed by atoms with Crippen LogP contribution in [-0.2, 0) is 9.09 Å². The Morgan fingerprint density at radius 1 is 1.53 bits per heavy atom. The minimum Gasteiger partial charge on any atom is -0.409 e. The summed E-state index contributed by atoms with van der Waals surface area (Å²) in [4.78, 5) is 0. The molecule has 7 heteroatoms. The fourth-order valence-electron chi connectivity index (χ4n) is 0.741. The summed E-state index contributed by atoms with van der Waals surface area (Å²) in [6, 6.07) is 8.56. The molecular formula is C8H11N2O4P+2. The molecule has 3 N–H and O–H groups in total. The van der Waals surface area contributed by atoms with Gasteiger partial charge in [-0.2, -0.15) is 0 Å². The van der Waals surface area contributed by atoms with E-state index in [2.05, 4.69) is 9.68 Å². The predicted octanol–water partition coefficient (Wildman–Crippen LogP) is 1.60. The number of amidine groups is 1. The Bertz CT molecular complexity index is 360. The average Bonchev–Trinajstić information content (AvgIpc) is 2.27. The van der Waals surface area contributed by atoms with E-state index in [1.807, 2.05) is 0 Å². The Morgan fingerprint density at radius 3 is 2.80 bits per heavy atom. The van der Waals surface area contributed by atoms with Crippen molar-refractivity contribution in [2.45, 2.75) is 0 Å². The molecule has 0 aliphatic rings. The Labute approximate surface area is 88.7 Å². The minimum atomic E-state index is -2.32. The van der Waals surface area contributed by atoms with E-state index in [-0.39, 0.29) is 13.9 Å². The number of nitrogens with zero attached hydrogens (tertiary/aromatic N) is 1. The van der Waals surface area contributed by atoms with Gasteiger partial charge < -0.3 is 10.9 Å². The summed E-state index contributed by atoms with van der Waals surface area (Å²) in [5.74, 6) is 0.258. The SMILES string of the molecule is NC(CO[P+](=O)Oc1ccccc1)=NO.[H+]. The Kier molecular flexibility index (Phi) is 4.53. The molecule has 1 unspecified atom stereocenters. The van der Waals surface area contributed by atoms with E-state index in [0.29, 0.717) is 5.75 Å². The Hall–Kier alpha value is -1.65. The molecule has 0 saturated heterocycles. The van der Waals surface area contributed by atoms with Gasteiger partial charge >= 0.3 is 9.68 Å². The van der Waals surface area contributed by atoms with Crippen LogP contribution in [0.3, 0.4) is 0 Å². The number of hydrogen-bond donors (Lipinski definition) is 2. The van der Waals surface area contributed by atoms with Crippen molar-refractivity contribution >= 4 is 14.1 Å². The molecule has 0 fully saturated rings. The van der Waals surface area contributed by atoms with Gasteiger partial charge in [0.25, 0.3) is 0 Å². The largest absolute Gasteiger partial charge is 1.00 e. The van der Waals surface area contributed by atoms with E-state index in [9.17, 15) is 4.57 Å². The van der Waals surface area contributed by atoms with Gasteiger partial charge in [0.15, 0.2) is 18.2 Å². The molecule has 0 heterocycles. The van der Waals surface area contributed by atoms with E-state index >= 15 is 0 Å². The molecule has 0 radical (unpaired) electrons. The second-order valence-corrected chi connectivity index (χ2v) is 3.38. The smallest absolute Gasteiger partial charge is 0.409 e. The van der Waals surface area contributed by atoms with Crippen molar-refractivity contribution in [3.63, 3.8) is 0 Å². The van der Waals surface area contributed by atoms with Crippen molar-refractivity contribution in [1.82, 2.24) is 0 Å². The fraction of sp³-hybridized carbons (Fsp3) is 0.125. The molecule has 0 bridgehead atoms. The number of rotatable bonds is 5. The lowest BCUT2D eigenvalue weighted by Crippen LogP contribution is -2.17. The second kappa shape index (κ2) is 5.95. The maximum Gasteiger partial charge on any atom is 1.00 e. The first kappa shape index (κ1) is 11.4. The van der Waals surface area contributed by atoms with Gasteiger partial charge in [-0.1, -0.05) is 23.4 Å². The summed E-state index contributed by atoms with van der Waals surface area (Å²) < 4.78 is 20.7. The van der Waals surface area contributed by atoms with Crippen LogP contribution >= 0.6 is 8.25 Å². The number of hydrogen-bond acceptors (Lipinski definition) is 5. The first-order chi connectivity index (χ1) is 7.22. The van der Waals surface area contributed by atoms with Crippen molar-refractivity contribution < 1.29 is 20.2 Å². The highest BCUT2D eigenvalue weighted by Gasteiger charge is 2.22. The van der Waals surface area contributed by atoms with E-state index in [4.69, 9.17) is 15.5 Å². The van der Waals surface area contributed by atoms with Gasteiger partial charge in [0.2, 0.25) is 0 Å². The zero-order valence-electron chi connectivity index (χ0n) is 8.74. The lowest BCUT2D eigenvalue weighted by atomic mass is 10.3. The molecule has 80 valence electrons. The van der Waals surface area contributed by atoms with Crippen LogP contribution in [-0.4, -0.2) is 17.6 Å². The van der Waals surface area contributed by atoms with Crippen LogP contribution < -0.4 is 10.3 Å². The summed E-state index contributed by atoms with van der Waals surface area (Å²) in [5, 5.41) is 10.8. The normalized spacial score (nSPS) is 12.3. The van der Waals surface area contributed by atoms with Gasteiger partial charge in [-0.3, -0.25) is 0 Å². The molecule has 15 heavy (non-hydrogen) atoms. The maximum absolute atomic E-state index is 11.1. The first-order valence-electron chi connectivity index (χ1n) is 4.02. The first-order valence-corrected chi connectivity index (χ1v) is 5.11. The van der Waals surface area contributed by atoms with Gasteiger partial charge in [-0.05, 0) is 12.1 Å². The van der Waals surface area contributed by atoms with Crippen LogP contribution in [0.25, 0.3) is 0 Å². The molecule has 6 nitrogen and oxygen atoms in total. The van der Waals surface area contributed by atoms with Crippen molar-refractivity contribution in [2.24, 2.45) is 10.9 Å². The topological polar surface area (TPSA) is 94.1 Å². The van der Waals surface area contributed by atoms with Crippen LogP contribution in [0.5, 0.6) is 5.75 Å². The van der Waals surface area contributed by atoms with Crippen LogP contribution in [0.4, 0.5) is 0 Å². The standard InChI is InChI=1S/C8H9N2O4P/c9-8(10-11)6-13-15(12)14-7-4-2-1-3-5-7/h1-5H,6H2,(H2-,9,10,11)/p+2. The summed E-state index contributed by atoms with van der Waals surface area (Å²) in [6.45, 7) is -0.251. The number of para-hydroxylation sites is 1. The lowest BCUT2D eigenvalue weighted by Gasteiger charge is -1.92. The molecule has 0 saturated carbocycles. The average molecular weight is 230 g/mol. The third-order valence-corrected chi connectivity index (χ3v) is 2.07. The van der Waals surface area contributed by atoms with Crippen LogP contribution in [0.1, 0.15) is 1.43 Å². The third-order valence-electron chi connectivity index (χ3n) is 1.37. The molecule has 0 aliphatic carbocycles. The summed E-state index contributed by atoms with van der Waals surface area (Å²) in [5.41, 5.74) is 5.11. The second-order valence-electron chi connectivity index (χ2n) is 2.49. The van der Waals surface area contributed by atoms with Crippen LogP contribution in [0.2, 0.25) is 0 Å². The van der Waals surface area contributed by atoms with E-state index in [0.717, 1.165) is 0 Å². The third kappa shape index (κ3) is 4.39. The van der Waals surface area contributed by atoms with Gasteiger partial charge in [-0.15, -0.1) is 4.52 Å². The van der Waals surface area contributed by atoms with E-state index < -0.39 is 8.25 Å².